The first kappa shape index (κ1) is 15.9. The van der Waals surface area contributed by atoms with Crippen molar-refractivity contribution in [3.8, 4) is 0 Å². The molecule has 0 radical (unpaired) electrons. The number of carbonyl (C=O) groups is 1. The number of benzene rings is 2. The molecule has 1 heterocycles. The van der Waals surface area contributed by atoms with Crippen molar-refractivity contribution >= 4 is 23.0 Å². The number of aromatic nitrogens is 2. The Morgan fingerprint density at radius 2 is 1.50 bits per heavy atom. The first-order chi connectivity index (χ1) is 12.8. The number of ketones is 1. The summed E-state index contributed by atoms with van der Waals surface area (Å²) in [5.74, 6) is -0.0379. The molecule has 4 rings (SSSR count). The second-order valence-electron chi connectivity index (χ2n) is 5.91. The summed E-state index contributed by atoms with van der Waals surface area (Å²) in [5, 5.41) is 0. The predicted octanol–water partition coefficient (Wildman–Crippen LogP) is 4.59. The first-order valence-electron chi connectivity index (χ1n) is 8.38. The largest absolute Gasteiger partial charge is 0.289 e. The third-order valence-corrected chi connectivity index (χ3v) is 4.28. The Bertz CT molecular complexity index is 991. The number of hydrogen-bond acceptors (Lipinski definition) is 3. The quantitative estimate of drug-likeness (QED) is 0.657. The van der Waals surface area contributed by atoms with E-state index in [1.165, 1.54) is 6.33 Å². The van der Waals surface area contributed by atoms with Crippen molar-refractivity contribution in [2.75, 3.05) is 0 Å². The second kappa shape index (κ2) is 7.11. The molecular weight excluding hydrogens is 320 g/mol. The van der Waals surface area contributed by atoms with Crippen LogP contribution in [-0.4, -0.2) is 15.8 Å². The van der Waals surface area contributed by atoms with Gasteiger partial charge in [0.15, 0.2) is 5.78 Å². The lowest BCUT2D eigenvalue weighted by atomic mass is 9.93. The minimum Gasteiger partial charge on any atom is -0.289 e. The average Bonchev–Trinajstić information content (AvgIpc) is 2.71. The SMILES string of the molecule is O=C1C=Cc2ncncc2/C1=C\C=C(c1ccccc1)c1ccccc1. The van der Waals surface area contributed by atoms with Gasteiger partial charge in [0.2, 0.25) is 0 Å². The van der Waals surface area contributed by atoms with Gasteiger partial charge in [-0.1, -0.05) is 66.7 Å². The van der Waals surface area contributed by atoms with E-state index in [1.54, 1.807) is 18.3 Å². The van der Waals surface area contributed by atoms with Crippen LogP contribution in [0.5, 0.6) is 0 Å². The molecule has 0 fully saturated rings. The molecule has 0 aliphatic heterocycles. The van der Waals surface area contributed by atoms with Crippen LogP contribution in [0.2, 0.25) is 0 Å². The van der Waals surface area contributed by atoms with Crippen molar-refractivity contribution in [2.24, 2.45) is 0 Å². The summed E-state index contributed by atoms with van der Waals surface area (Å²) < 4.78 is 0. The molecular formula is C23H16N2O. The lowest BCUT2D eigenvalue weighted by molar-refractivity contribution is -0.109. The molecule has 2 aromatic carbocycles. The van der Waals surface area contributed by atoms with Gasteiger partial charge in [-0.15, -0.1) is 0 Å². The highest BCUT2D eigenvalue weighted by Crippen LogP contribution is 2.27. The van der Waals surface area contributed by atoms with Crippen LogP contribution in [0.4, 0.5) is 0 Å². The van der Waals surface area contributed by atoms with Crippen molar-refractivity contribution in [3.05, 3.63) is 114 Å². The van der Waals surface area contributed by atoms with Crippen molar-refractivity contribution in [1.82, 2.24) is 9.97 Å². The molecule has 26 heavy (non-hydrogen) atoms. The molecule has 0 N–H and O–H groups in total. The van der Waals surface area contributed by atoms with Gasteiger partial charge in [0.1, 0.15) is 6.33 Å². The molecule has 124 valence electrons. The van der Waals surface area contributed by atoms with Gasteiger partial charge in [0.25, 0.3) is 0 Å². The van der Waals surface area contributed by atoms with Crippen LogP contribution >= 0.6 is 0 Å². The van der Waals surface area contributed by atoms with Gasteiger partial charge in [-0.25, -0.2) is 9.97 Å². The molecule has 0 saturated carbocycles. The maximum absolute atomic E-state index is 12.4. The Balaban J connectivity index is 1.85. The van der Waals surface area contributed by atoms with Crippen LogP contribution in [0.3, 0.4) is 0 Å². The van der Waals surface area contributed by atoms with Gasteiger partial charge in [-0.05, 0) is 34.9 Å². The highest BCUT2D eigenvalue weighted by Gasteiger charge is 2.17. The van der Waals surface area contributed by atoms with E-state index in [1.807, 2.05) is 48.6 Å². The molecule has 0 bridgehead atoms. The second-order valence-corrected chi connectivity index (χ2v) is 5.91. The molecule has 0 atom stereocenters. The van der Waals surface area contributed by atoms with Crippen molar-refractivity contribution in [2.45, 2.75) is 0 Å². The first-order valence-corrected chi connectivity index (χ1v) is 8.38. The van der Waals surface area contributed by atoms with E-state index >= 15 is 0 Å². The van der Waals surface area contributed by atoms with E-state index < -0.39 is 0 Å². The van der Waals surface area contributed by atoms with E-state index in [0.717, 1.165) is 28.0 Å². The van der Waals surface area contributed by atoms with Crippen LogP contribution in [0.1, 0.15) is 22.4 Å². The van der Waals surface area contributed by atoms with Crippen LogP contribution in [0.15, 0.2) is 91.4 Å². The summed E-state index contributed by atoms with van der Waals surface area (Å²) in [6, 6.07) is 20.3. The van der Waals surface area contributed by atoms with Crippen LogP contribution in [-0.2, 0) is 4.79 Å². The zero-order valence-corrected chi connectivity index (χ0v) is 14.0. The molecule has 0 unspecified atom stereocenters. The molecule has 3 nitrogen and oxygen atoms in total. The topological polar surface area (TPSA) is 42.9 Å². The zero-order valence-electron chi connectivity index (χ0n) is 14.0. The molecule has 0 amide bonds. The van der Waals surface area contributed by atoms with E-state index in [9.17, 15) is 4.79 Å². The van der Waals surface area contributed by atoms with Gasteiger partial charge in [0.05, 0.1) is 5.69 Å². The average molecular weight is 336 g/mol. The van der Waals surface area contributed by atoms with Crippen LogP contribution in [0.25, 0.3) is 17.2 Å². The number of fused-ring (bicyclic) bond motifs is 1. The smallest absolute Gasteiger partial charge is 0.186 e. The van der Waals surface area contributed by atoms with Crippen LogP contribution in [0, 0.1) is 0 Å². The number of allylic oxidation sites excluding steroid dienone is 4. The fourth-order valence-corrected chi connectivity index (χ4v) is 2.99. The van der Waals surface area contributed by atoms with E-state index in [2.05, 4.69) is 34.2 Å². The van der Waals surface area contributed by atoms with E-state index in [4.69, 9.17) is 0 Å². The summed E-state index contributed by atoms with van der Waals surface area (Å²) in [6.45, 7) is 0. The monoisotopic (exact) mass is 336 g/mol. The molecule has 0 spiro atoms. The molecule has 0 saturated heterocycles. The van der Waals surface area contributed by atoms with Crippen molar-refractivity contribution in [1.29, 1.82) is 0 Å². The summed E-state index contributed by atoms with van der Waals surface area (Å²) in [5.41, 5.74) is 5.38. The lowest BCUT2D eigenvalue weighted by Gasteiger charge is -2.12. The molecule has 1 aliphatic carbocycles. The Kier molecular flexibility index (Phi) is 4.35. The number of nitrogens with zero attached hydrogens (tertiary/aromatic N) is 2. The normalized spacial score (nSPS) is 14.2. The lowest BCUT2D eigenvalue weighted by Crippen LogP contribution is -2.06. The maximum Gasteiger partial charge on any atom is 0.186 e. The molecule has 1 aromatic heterocycles. The summed E-state index contributed by atoms with van der Waals surface area (Å²) in [4.78, 5) is 20.7. The summed E-state index contributed by atoms with van der Waals surface area (Å²) >= 11 is 0. The fraction of sp³-hybridized carbons (Fsp3) is 0. The number of carbonyl (C=O) groups excluding carboxylic acids is 1. The third kappa shape index (κ3) is 3.15. The van der Waals surface area contributed by atoms with E-state index in [0.29, 0.717) is 5.57 Å². The molecule has 1 aliphatic rings. The Morgan fingerprint density at radius 3 is 2.15 bits per heavy atom. The number of hydrogen-bond donors (Lipinski definition) is 0. The highest BCUT2D eigenvalue weighted by molar-refractivity contribution is 6.29. The predicted molar refractivity (Wildman–Crippen MR) is 104 cm³/mol. The van der Waals surface area contributed by atoms with Crippen molar-refractivity contribution in [3.63, 3.8) is 0 Å². The van der Waals surface area contributed by atoms with Gasteiger partial charge in [0, 0.05) is 17.3 Å². The van der Waals surface area contributed by atoms with Gasteiger partial charge in [-0.2, -0.15) is 0 Å². The minimum atomic E-state index is -0.0379. The third-order valence-electron chi connectivity index (χ3n) is 4.28. The van der Waals surface area contributed by atoms with Crippen molar-refractivity contribution < 1.29 is 4.79 Å². The number of rotatable bonds is 3. The molecule has 3 heteroatoms. The van der Waals surface area contributed by atoms with Gasteiger partial charge >= 0.3 is 0 Å². The Hall–Kier alpha value is -3.59. The van der Waals surface area contributed by atoms with E-state index in [-0.39, 0.29) is 5.78 Å². The fourth-order valence-electron chi connectivity index (χ4n) is 2.99. The summed E-state index contributed by atoms with van der Waals surface area (Å²) in [6.07, 6.45) is 10.3. The standard InChI is InChI=1S/C23H16N2O/c26-23-14-13-22-21(15-24-16-25-22)20(23)12-11-19(17-7-3-1-4-8-17)18-9-5-2-6-10-18/h1-16H/b20-12+. The Labute approximate surface area is 152 Å². The van der Waals surface area contributed by atoms with Crippen LogP contribution < -0.4 is 0 Å². The Morgan fingerprint density at radius 1 is 0.846 bits per heavy atom. The minimum absolute atomic E-state index is 0.0379. The van der Waals surface area contributed by atoms with Gasteiger partial charge in [-0.3, -0.25) is 4.79 Å². The summed E-state index contributed by atoms with van der Waals surface area (Å²) in [7, 11) is 0. The zero-order chi connectivity index (χ0) is 17.8. The highest BCUT2D eigenvalue weighted by atomic mass is 16.1. The maximum atomic E-state index is 12.4. The van der Waals surface area contributed by atoms with Gasteiger partial charge < -0.3 is 0 Å². The molecule has 3 aromatic rings.